The molecular weight excluding hydrogens is 364 g/mol. The van der Waals surface area contributed by atoms with Gasteiger partial charge in [-0.05, 0) is 42.8 Å². The van der Waals surface area contributed by atoms with Crippen LogP contribution in [0.4, 0.5) is 0 Å². The van der Waals surface area contributed by atoms with Crippen molar-refractivity contribution in [2.45, 2.75) is 20.8 Å². The van der Waals surface area contributed by atoms with Gasteiger partial charge in [0, 0.05) is 0 Å². The maximum atomic E-state index is 12.3. The first-order valence-corrected chi connectivity index (χ1v) is 9.93. The van der Waals surface area contributed by atoms with Gasteiger partial charge in [0.25, 0.3) is 5.91 Å². The molecule has 0 fully saturated rings. The average Bonchev–Trinajstić information content (AvgIpc) is 3.09. The maximum Gasteiger partial charge on any atom is 0.283 e. The second kappa shape index (κ2) is 6.26. The molecular formula is C15H16N4O4S2. The van der Waals surface area contributed by atoms with Gasteiger partial charge in [0.05, 0.1) is 11.3 Å². The first-order valence-electron chi connectivity index (χ1n) is 7.47. The Morgan fingerprint density at radius 3 is 2.72 bits per heavy atom. The number of nitrogens with one attached hydrogen (secondary N) is 1. The summed E-state index contributed by atoms with van der Waals surface area (Å²) in [4.78, 5) is 16.1. The van der Waals surface area contributed by atoms with E-state index in [1.165, 1.54) is 6.08 Å². The topological polar surface area (TPSA) is 116 Å². The van der Waals surface area contributed by atoms with E-state index in [0.29, 0.717) is 11.5 Å². The number of hydrazone groups is 1. The van der Waals surface area contributed by atoms with Gasteiger partial charge < -0.3 is 4.42 Å². The predicted octanol–water partition coefficient (Wildman–Crippen LogP) is 2.24. The largest absolute Gasteiger partial charge is 0.462 e. The molecule has 0 bridgehead atoms. The summed E-state index contributed by atoms with van der Waals surface area (Å²) in [6, 6.07) is 3.40. The number of amidine groups is 2. The van der Waals surface area contributed by atoms with Gasteiger partial charge in [-0.15, -0.1) is 5.10 Å². The highest BCUT2D eigenvalue weighted by atomic mass is 32.3. The molecule has 0 saturated heterocycles. The van der Waals surface area contributed by atoms with E-state index < -0.39 is 15.7 Å². The minimum absolute atomic E-state index is 0.00930. The molecule has 0 unspecified atom stereocenters. The van der Waals surface area contributed by atoms with Crippen LogP contribution in [0.25, 0.3) is 6.08 Å². The van der Waals surface area contributed by atoms with Crippen LogP contribution in [0.2, 0.25) is 0 Å². The summed E-state index contributed by atoms with van der Waals surface area (Å²) >= 11 is 0.789. The fourth-order valence-electron chi connectivity index (χ4n) is 2.28. The zero-order chi connectivity index (χ0) is 18.4. The Kier molecular flexibility index (Phi) is 4.41. The minimum atomic E-state index is -3.59. The lowest BCUT2D eigenvalue weighted by Crippen LogP contribution is -2.35. The van der Waals surface area contributed by atoms with E-state index in [2.05, 4.69) is 10.1 Å². The lowest BCUT2D eigenvalue weighted by molar-refractivity contribution is -0.114. The van der Waals surface area contributed by atoms with Gasteiger partial charge in [-0.2, -0.15) is 10.0 Å². The third-order valence-electron chi connectivity index (χ3n) is 3.30. The number of hydrogen-bond acceptors (Lipinski definition) is 7. The molecule has 25 heavy (non-hydrogen) atoms. The zero-order valence-electron chi connectivity index (χ0n) is 13.8. The summed E-state index contributed by atoms with van der Waals surface area (Å²) in [6.07, 6.45) is 1.40. The van der Waals surface area contributed by atoms with E-state index in [1.54, 1.807) is 32.9 Å². The minimum Gasteiger partial charge on any atom is -0.462 e. The summed E-state index contributed by atoms with van der Waals surface area (Å²) in [5, 5.41) is 13.3. The van der Waals surface area contributed by atoms with Crippen molar-refractivity contribution >= 4 is 49.0 Å². The van der Waals surface area contributed by atoms with Crippen LogP contribution < -0.4 is 0 Å². The van der Waals surface area contributed by atoms with E-state index >= 15 is 0 Å². The molecule has 1 N–H and O–H groups in total. The van der Waals surface area contributed by atoms with Crippen molar-refractivity contribution in [3.05, 3.63) is 29.2 Å². The summed E-state index contributed by atoms with van der Waals surface area (Å²) in [5.41, 5.74) is -0.00930. The first kappa shape index (κ1) is 17.6. The highest BCUT2D eigenvalue weighted by Crippen LogP contribution is 2.31. The molecule has 8 nitrogen and oxygen atoms in total. The summed E-state index contributed by atoms with van der Waals surface area (Å²) < 4.78 is 29.9. The normalized spacial score (nSPS) is 19.5. The standard InChI is InChI=1S/C15H16N4O4S2/c1-8(2)7-25(21,22)15-18-19-12(16)11(13(20)17-14(19)24-15)6-10-5-4-9(3)23-10/h4-6,8,16H,7H2,1-3H3/b11-6+,16-12?. The molecule has 0 saturated carbocycles. The van der Waals surface area contributed by atoms with Crippen molar-refractivity contribution in [3.8, 4) is 0 Å². The Morgan fingerprint density at radius 2 is 2.12 bits per heavy atom. The molecule has 0 spiro atoms. The average molecular weight is 380 g/mol. The van der Waals surface area contributed by atoms with Gasteiger partial charge in [-0.1, -0.05) is 13.8 Å². The van der Waals surface area contributed by atoms with E-state index in [9.17, 15) is 13.2 Å². The molecule has 1 amide bonds. The first-order chi connectivity index (χ1) is 11.7. The van der Waals surface area contributed by atoms with Gasteiger partial charge in [0.15, 0.2) is 5.84 Å². The number of carbonyl (C=O) groups excluding carboxylic acids is 1. The third kappa shape index (κ3) is 3.45. The number of rotatable bonds is 3. The van der Waals surface area contributed by atoms with E-state index in [-0.39, 0.29) is 32.6 Å². The molecule has 0 aromatic carbocycles. The number of fused-ring (bicyclic) bond motifs is 1. The number of thioether (sulfide) groups is 1. The number of carbonyl (C=O) groups is 1. The fraction of sp³-hybridized carbons (Fsp3) is 0.333. The summed E-state index contributed by atoms with van der Waals surface area (Å²) in [6.45, 7) is 5.35. The predicted molar refractivity (Wildman–Crippen MR) is 97.1 cm³/mol. The molecule has 2 aliphatic heterocycles. The maximum absolute atomic E-state index is 12.3. The van der Waals surface area contributed by atoms with Crippen molar-refractivity contribution in [1.29, 1.82) is 5.41 Å². The van der Waals surface area contributed by atoms with Crippen molar-refractivity contribution in [1.82, 2.24) is 5.01 Å². The van der Waals surface area contributed by atoms with Crippen molar-refractivity contribution in [3.63, 3.8) is 0 Å². The lowest BCUT2D eigenvalue weighted by atomic mass is 10.1. The van der Waals surface area contributed by atoms with Gasteiger partial charge >= 0.3 is 0 Å². The van der Waals surface area contributed by atoms with E-state index in [4.69, 9.17) is 9.83 Å². The molecule has 132 valence electrons. The Bertz CT molecular complexity index is 954. The Labute approximate surface area is 149 Å². The number of aryl methyl sites for hydroxylation is 1. The molecule has 1 aromatic rings. The van der Waals surface area contributed by atoms with Crippen LogP contribution in [-0.2, 0) is 14.6 Å². The van der Waals surface area contributed by atoms with Crippen LogP contribution in [0.5, 0.6) is 0 Å². The van der Waals surface area contributed by atoms with Crippen molar-refractivity contribution < 1.29 is 17.6 Å². The number of sulfone groups is 1. The Morgan fingerprint density at radius 1 is 1.40 bits per heavy atom. The van der Waals surface area contributed by atoms with Gasteiger partial charge in [-0.3, -0.25) is 10.2 Å². The van der Waals surface area contributed by atoms with Crippen LogP contribution in [0.15, 0.2) is 32.2 Å². The molecule has 3 heterocycles. The van der Waals surface area contributed by atoms with Crippen molar-refractivity contribution in [2.75, 3.05) is 5.75 Å². The summed E-state index contributed by atoms with van der Waals surface area (Å²) in [5.74, 6) is 0.0964. The smallest absolute Gasteiger partial charge is 0.283 e. The van der Waals surface area contributed by atoms with Gasteiger partial charge in [0.2, 0.25) is 19.4 Å². The molecule has 0 atom stereocenters. The Hall–Kier alpha value is -2.20. The molecule has 10 heteroatoms. The van der Waals surface area contributed by atoms with E-state index in [0.717, 1.165) is 16.8 Å². The highest BCUT2D eigenvalue weighted by molar-refractivity contribution is 8.42. The summed E-state index contributed by atoms with van der Waals surface area (Å²) in [7, 11) is -3.59. The molecule has 1 aromatic heterocycles. The lowest BCUT2D eigenvalue weighted by Gasteiger charge is -2.19. The number of furan rings is 1. The molecule has 0 radical (unpaired) electrons. The Balaban J connectivity index is 1.95. The molecule has 3 rings (SSSR count). The number of hydrogen-bond donors (Lipinski definition) is 1. The number of amides is 1. The van der Waals surface area contributed by atoms with Crippen LogP contribution in [-0.4, -0.2) is 40.5 Å². The van der Waals surface area contributed by atoms with Crippen LogP contribution in [0, 0.1) is 18.3 Å². The van der Waals surface area contributed by atoms with Gasteiger partial charge in [-0.25, -0.2) is 8.42 Å². The quantitative estimate of drug-likeness (QED) is 0.804. The monoisotopic (exact) mass is 380 g/mol. The number of nitrogens with zero attached hydrogens (tertiary/aromatic N) is 3. The highest BCUT2D eigenvalue weighted by Gasteiger charge is 2.39. The third-order valence-corrected chi connectivity index (χ3v) is 6.74. The molecule has 2 aliphatic rings. The second-order valence-electron chi connectivity index (χ2n) is 6.01. The SMILES string of the molecule is Cc1ccc(/C=C2\C(=N)N3N=C(S(=O)(=O)CC(C)C)SC3=NC2=O)o1. The second-order valence-corrected chi connectivity index (χ2v) is 9.17. The molecule has 0 aliphatic carbocycles. The van der Waals surface area contributed by atoms with Crippen LogP contribution >= 0.6 is 11.8 Å². The van der Waals surface area contributed by atoms with Crippen LogP contribution in [0.1, 0.15) is 25.4 Å². The van der Waals surface area contributed by atoms with Crippen LogP contribution in [0.3, 0.4) is 0 Å². The van der Waals surface area contributed by atoms with Gasteiger partial charge in [0.1, 0.15) is 11.5 Å². The zero-order valence-corrected chi connectivity index (χ0v) is 15.4. The number of aliphatic imine (C=N–C) groups is 1. The van der Waals surface area contributed by atoms with E-state index in [1.807, 2.05) is 0 Å². The fourth-order valence-corrected chi connectivity index (χ4v) is 5.07. The van der Waals surface area contributed by atoms with Crippen molar-refractivity contribution in [2.24, 2.45) is 16.0 Å².